The highest BCUT2D eigenvalue weighted by atomic mass is 35.5. The summed E-state index contributed by atoms with van der Waals surface area (Å²) in [6.07, 6.45) is 2.79. The number of hydrogen-bond acceptors (Lipinski definition) is 3. The first-order chi connectivity index (χ1) is 10.6. The van der Waals surface area contributed by atoms with Crippen LogP contribution in [0.3, 0.4) is 0 Å². The zero-order valence-corrected chi connectivity index (χ0v) is 13.7. The number of halogens is 1. The van der Waals surface area contributed by atoms with E-state index in [9.17, 15) is 4.79 Å². The summed E-state index contributed by atoms with van der Waals surface area (Å²) in [6.45, 7) is 5.76. The van der Waals surface area contributed by atoms with Crippen LogP contribution in [0.1, 0.15) is 30.6 Å². The molecule has 1 heterocycles. The first kappa shape index (κ1) is 17.0. The molecule has 1 amide bonds. The van der Waals surface area contributed by atoms with Gasteiger partial charge in [-0.25, -0.2) is 0 Å². The van der Waals surface area contributed by atoms with E-state index in [1.165, 1.54) is 5.57 Å². The van der Waals surface area contributed by atoms with E-state index in [4.69, 9.17) is 21.1 Å². The Hall–Kier alpha value is -1.36. The largest absolute Gasteiger partial charge is 0.379 e. The maximum atomic E-state index is 12.3. The number of amides is 1. The smallest absolute Gasteiger partial charge is 0.251 e. The van der Waals surface area contributed by atoms with Gasteiger partial charge in [-0.3, -0.25) is 4.79 Å². The van der Waals surface area contributed by atoms with Gasteiger partial charge in [0.2, 0.25) is 0 Å². The molecule has 4 nitrogen and oxygen atoms in total. The van der Waals surface area contributed by atoms with Crippen LogP contribution in [0.15, 0.2) is 35.9 Å². The molecular formula is C17H22ClNO3. The number of ether oxygens (including phenoxy) is 2. The van der Waals surface area contributed by atoms with Gasteiger partial charge >= 0.3 is 0 Å². The van der Waals surface area contributed by atoms with E-state index in [1.807, 2.05) is 19.9 Å². The molecule has 0 saturated carbocycles. The average Bonchev–Trinajstić information content (AvgIpc) is 2.49. The van der Waals surface area contributed by atoms with Crippen molar-refractivity contribution in [3.63, 3.8) is 0 Å². The van der Waals surface area contributed by atoms with Crippen molar-refractivity contribution in [3.8, 4) is 0 Å². The number of hydrogen-bond donors (Lipinski definition) is 1. The highest BCUT2D eigenvalue weighted by molar-refractivity contribution is 6.30. The van der Waals surface area contributed by atoms with Crippen LogP contribution >= 0.6 is 11.6 Å². The molecule has 5 heteroatoms. The van der Waals surface area contributed by atoms with E-state index < -0.39 is 0 Å². The summed E-state index contributed by atoms with van der Waals surface area (Å²) in [5, 5.41) is 3.60. The molecule has 1 aromatic rings. The molecule has 0 unspecified atom stereocenters. The maximum absolute atomic E-state index is 12.3. The van der Waals surface area contributed by atoms with Gasteiger partial charge in [0.05, 0.1) is 25.4 Å². The second-order valence-electron chi connectivity index (χ2n) is 5.60. The van der Waals surface area contributed by atoms with Gasteiger partial charge in [-0.05, 0) is 44.5 Å². The van der Waals surface area contributed by atoms with Crippen molar-refractivity contribution in [2.75, 3.05) is 19.8 Å². The Balaban J connectivity index is 1.94. The molecular weight excluding hydrogens is 302 g/mol. The van der Waals surface area contributed by atoms with Crippen molar-refractivity contribution in [3.05, 3.63) is 46.5 Å². The molecule has 2 rings (SSSR count). The highest BCUT2D eigenvalue weighted by Gasteiger charge is 2.28. The molecule has 1 aliphatic heterocycles. The molecule has 1 saturated heterocycles. The summed E-state index contributed by atoms with van der Waals surface area (Å²) >= 11 is 5.84. The lowest BCUT2D eigenvalue weighted by atomic mass is 10.1. The molecule has 2 atom stereocenters. The Morgan fingerprint density at radius 2 is 2.14 bits per heavy atom. The molecule has 1 aromatic carbocycles. The summed E-state index contributed by atoms with van der Waals surface area (Å²) < 4.78 is 11.3. The van der Waals surface area contributed by atoms with E-state index in [0.29, 0.717) is 30.4 Å². The predicted octanol–water partition coefficient (Wildman–Crippen LogP) is 3.21. The number of carbonyl (C=O) groups is 1. The Kier molecular flexibility index (Phi) is 6.43. The Bertz CT molecular complexity index is 523. The summed E-state index contributed by atoms with van der Waals surface area (Å²) in [5.74, 6) is -0.136. The molecule has 1 N–H and O–H groups in total. The lowest BCUT2D eigenvalue weighted by Crippen LogP contribution is -2.50. The molecule has 1 fully saturated rings. The van der Waals surface area contributed by atoms with Crippen molar-refractivity contribution >= 4 is 17.5 Å². The van der Waals surface area contributed by atoms with Crippen LogP contribution in [0, 0.1) is 0 Å². The van der Waals surface area contributed by atoms with Gasteiger partial charge in [-0.2, -0.15) is 0 Å². The van der Waals surface area contributed by atoms with Crippen molar-refractivity contribution in [2.24, 2.45) is 0 Å². The lowest BCUT2D eigenvalue weighted by molar-refractivity contribution is -0.0457. The third-order valence-corrected chi connectivity index (χ3v) is 3.77. The fourth-order valence-electron chi connectivity index (χ4n) is 2.24. The number of carbonyl (C=O) groups excluding carboxylic acids is 1. The van der Waals surface area contributed by atoms with Crippen LogP contribution in [-0.2, 0) is 9.47 Å². The highest BCUT2D eigenvalue weighted by Crippen LogP contribution is 2.14. The number of rotatable bonds is 5. The van der Waals surface area contributed by atoms with Crippen molar-refractivity contribution < 1.29 is 14.3 Å². The van der Waals surface area contributed by atoms with E-state index in [-0.39, 0.29) is 18.1 Å². The van der Waals surface area contributed by atoms with E-state index in [0.717, 1.165) is 6.42 Å². The van der Waals surface area contributed by atoms with Gasteiger partial charge in [-0.15, -0.1) is 0 Å². The van der Waals surface area contributed by atoms with Crippen LogP contribution in [0.2, 0.25) is 5.02 Å². The molecule has 0 bridgehead atoms. The van der Waals surface area contributed by atoms with Gasteiger partial charge in [0.25, 0.3) is 5.91 Å². The minimum atomic E-state index is -0.137. The van der Waals surface area contributed by atoms with Crippen molar-refractivity contribution in [1.82, 2.24) is 5.32 Å². The first-order valence-corrected chi connectivity index (χ1v) is 7.83. The molecule has 0 radical (unpaired) electrons. The Labute approximate surface area is 136 Å². The summed E-state index contributed by atoms with van der Waals surface area (Å²) in [7, 11) is 0. The zero-order chi connectivity index (χ0) is 15.9. The number of allylic oxidation sites excluding steroid dienone is 1. The average molecular weight is 324 g/mol. The number of nitrogens with one attached hydrogen (secondary N) is 1. The summed E-state index contributed by atoms with van der Waals surface area (Å²) in [4.78, 5) is 12.3. The van der Waals surface area contributed by atoms with Crippen LogP contribution in [0.5, 0.6) is 0 Å². The fourth-order valence-corrected chi connectivity index (χ4v) is 2.37. The summed E-state index contributed by atoms with van der Waals surface area (Å²) in [6, 6.07) is 6.69. The minimum absolute atomic E-state index is 0.0272. The van der Waals surface area contributed by atoms with Gasteiger partial charge < -0.3 is 14.8 Å². The standard InChI is InChI=1S/C17H22ClNO3/c1-12(2)7-10-22-16-8-9-21-11-15(16)19-17(20)13-3-5-14(18)6-4-13/h3-7,15-16H,8-11H2,1-2H3,(H,19,20)/t15-,16+/m1/s1. The third kappa shape index (κ3) is 5.13. The second-order valence-corrected chi connectivity index (χ2v) is 6.04. The van der Waals surface area contributed by atoms with Gasteiger partial charge in [0.15, 0.2) is 0 Å². The van der Waals surface area contributed by atoms with Crippen molar-refractivity contribution in [1.29, 1.82) is 0 Å². The monoisotopic (exact) mass is 323 g/mol. The van der Waals surface area contributed by atoms with Gasteiger partial charge in [0.1, 0.15) is 0 Å². The Morgan fingerprint density at radius 3 is 2.82 bits per heavy atom. The van der Waals surface area contributed by atoms with Crippen molar-refractivity contribution in [2.45, 2.75) is 32.4 Å². The molecule has 1 aliphatic rings. The van der Waals surface area contributed by atoms with Crippen LogP contribution in [0.4, 0.5) is 0 Å². The lowest BCUT2D eigenvalue weighted by Gasteiger charge is -2.31. The third-order valence-electron chi connectivity index (χ3n) is 3.52. The number of benzene rings is 1. The molecule has 0 spiro atoms. The van der Waals surface area contributed by atoms with E-state index in [2.05, 4.69) is 5.32 Å². The van der Waals surface area contributed by atoms with E-state index in [1.54, 1.807) is 24.3 Å². The van der Waals surface area contributed by atoms with Crippen LogP contribution in [0.25, 0.3) is 0 Å². The maximum Gasteiger partial charge on any atom is 0.251 e. The van der Waals surface area contributed by atoms with Gasteiger partial charge in [-0.1, -0.05) is 23.3 Å². The molecule has 120 valence electrons. The molecule has 0 aliphatic carbocycles. The molecule has 22 heavy (non-hydrogen) atoms. The molecule has 0 aromatic heterocycles. The summed E-state index contributed by atoms with van der Waals surface area (Å²) in [5.41, 5.74) is 1.80. The minimum Gasteiger partial charge on any atom is -0.379 e. The predicted molar refractivity (Wildman–Crippen MR) is 87.3 cm³/mol. The fraction of sp³-hybridized carbons (Fsp3) is 0.471. The Morgan fingerprint density at radius 1 is 1.41 bits per heavy atom. The van der Waals surface area contributed by atoms with E-state index >= 15 is 0 Å². The quantitative estimate of drug-likeness (QED) is 0.846. The van der Waals surface area contributed by atoms with Crippen LogP contribution in [-0.4, -0.2) is 37.9 Å². The SMILES string of the molecule is CC(C)=CCO[C@H]1CCOC[C@H]1NC(=O)c1ccc(Cl)cc1. The van der Waals surface area contributed by atoms with Crippen LogP contribution < -0.4 is 5.32 Å². The first-order valence-electron chi connectivity index (χ1n) is 7.45. The van der Waals surface area contributed by atoms with Gasteiger partial charge in [0, 0.05) is 17.2 Å². The zero-order valence-electron chi connectivity index (χ0n) is 13.0. The second kappa shape index (κ2) is 8.32. The normalized spacial score (nSPS) is 21.2. The topological polar surface area (TPSA) is 47.6 Å².